The topological polar surface area (TPSA) is 95.2 Å². The third-order valence-electron chi connectivity index (χ3n) is 5.81. The molecule has 1 aliphatic rings. The van der Waals surface area contributed by atoms with Crippen LogP contribution in [-0.2, 0) is 15.7 Å². The van der Waals surface area contributed by atoms with E-state index in [0.717, 1.165) is 18.2 Å². The number of ether oxygens (including phenoxy) is 3. The maximum absolute atomic E-state index is 13.3. The maximum Gasteiger partial charge on any atom is 0.417 e. The zero-order chi connectivity index (χ0) is 26.0. The van der Waals surface area contributed by atoms with Gasteiger partial charge in [0.05, 0.1) is 46.8 Å². The van der Waals surface area contributed by atoms with Crippen molar-refractivity contribution >= 4 is 28.5 Å². The van der Waals surface area contributed by atoms with Gasteiger partial charge in [-0.15, -0.1) is 0 Å². The van der Waals surface area contributed by atoms with Crippen LogP contribution in [0, 0.1) is 5.92 Å². The molecule has 192 valence electrons. The van der Waals surface area contributed by atoms with E-state index in [1.807, 2.05) is 0 Å². The molecule has 36 heavy (non-hydrogen) atoms. The van der Waals surface area contributed by atoms with E-state index in [9.17, 15) is 22.8 Å². The molecule has 3 aromatic rings. The van der Waals surface area contributed by atoms with Gasteiger partial charge in [-0.2, -0.15) is 13.2 Å². The summed E-state index contributed by atoms with van der Waals surface area (Å²) in [5.74, 6) is -0.544. The quantitative estimate of drug-likeness (QED) is 0.353. The summed E-state index contributed by atoms with van der Waals surface area (Å²) < 4.78 is 62.6. The Kier molecular flexibility index (Phi) is 7.46. The lowest BCUT2D eigenvalue weighted by Crippen LogP contribution is -2.37. The maximum atomic E-state index is 13.3. The van der Waals surface area contributed by atoms with Gasteiger partial charge in [0.2, 0.25) is 0 Å². The summed E-state index contributed by atoms with van der Waals surface area (Å²) in [7, 11) is 0. The van der Waals surface area contributed by atoms with Gasteiger partial charge in [0.25, 0.3) is 0 Å². The van der Waals surface area contributed by atoms with Gasteiger partial charge in [-0.25, -0.2) is 0 Å². The molecule has 1 N–H and O–H groups in total. The summed E-state index contributed by atoms with van der Waals surface area (Å²) in [4.78, 5) is 23.6. The molecule has 0 radical (unpaired) electrons. The summed E-state index contributed by atoms with van der Waals surface area (Å²) in [5, 5.41) is 8.16. The van der Waals surface area contributed by atoms with Gasteiger partial charge >= 0.3 is 12.1 Å². The van der Waals surface area contributed by atoms with Crippen molar-refractivity contribution in [1.82, 2.24) is 0 Å². The van der Waals surface area contributed by atoms with Crippen LogP contribution in [0.15, 0.2) is 45.6 Å². The molecule has 0 amide bonds. The molecular weight excluding hydrogens is 505 g/mol. The first-order valence-corrected chi connectivity index (χ1v) is 11.5. The lowest BCUT2D eigenvalue weighted by molar-refractivity contribution is -0.151. The minimum atomic E-state index is -4.72. The largest absolute Gasteiger partial charge is 0.494 e. The number of benzene rings is 2. The number of carboxylic acids is 1. The lowest BCUT2D eigenvalue weighted by atomic mass is 9.82. The zero-order valence-electron chi connectivity index (χ0n) is 19.1. The minimum absolute atomic E-state index is 0.0315. The molecule has 0 bridgehead atoms. The van der Waals surface area contributed by atoms with E-state index in [2.05, 4.69) is 0 Å². The molecule has 0 aliphatic heterocycles. The minimum Gasteiger partial charge on any atom is -0.494 e. The van der Waals surface area contributed by atoms with Gasteiger partial charge < -0.3 is 23.7 Å². The van der Waals surface area contributed by atoms with E-state index >= 15 is 0 Å². The number of aliphatic carboxylic acids is 1. The average molecular weight is 527 g/mol. The fraction of sp³-hybridized carbons (Fsp3) is 0.360. The summed E-state index contributed by atoms with van der Waals surface area (Å²) in [6.07, 6.45) is -4.02. The molecule has 1 saturated carbocycles. The molecule has 1 aromatic heterocycles. The number of hydrogen-bond donors (Lipinski definition) is 1. The lowest BCUT2D eigenvalue weighted by Gasteiger charge is -2.32. The number of halogens is 4. The molecule has 4 rings (SSSR count). The number of alkyl halides is 3. The first kappa shape index (κ1) is 25.8. The van der Waals surface area contributed by atoms with E-state index in [0.29, 0.717) is 30.8 Å². The van der Waals surface area contributed by atoms with Gasteiger partial charge in [-0.1, -0.05) is 11.6 Å². The highest BCUT2D eigenvalue weighted by molar-refractivity contribution is 6.35. The third kappa shape index (κ3) is 5.44. The molecule has 0 unspecified atom stereocenters. The molecule has 0 atom stereocenters. The van der Waals surface area contributed by atoms with E-state index in [1.54, 1.807) is 25.1 Å². The van der Waals surface area contributed by atoms with Crippen molar-refractivity contribution in [3.63, 3.8) is 0 Å². The normalized spacial score (nSPS) is 17.6. The first-order chi connectivity index (χ1) is 17.1. The molecule has 1 fully saturated rings. The van der Waals surface area contributed by atoms with Crippen LogP contribution in [0.5, 0.6) is 11.5 Å². The monoisotopic (exact) mass is 526 g/mol. The van der Waals surface area contributed by atoms with Crippen LogP contribution >= 0.6 is 11.6 Å². The summed E-state index contributed by atoms with van der Waals surface area (Å²) >= 11 is 5.99. The standard InChI is InChI=1S/C25H22ClF3O7/c1-2-33-14-3-4-17(20(11-14)35-8-7-34-15-9-13(10-15)24(31)32)21-12-19(30)16-5-6-18(25(27,28)29)22(26)23(16)36-21/h3-6,11-13,15H,2,7-10H2,1H3,(H,31,32). The second-order valence-electron chi connectivity index (χ2n) is 8.22. The van der Waals surface area contributed by atoms with Crippen LogP contribution in [0.3, 0.4) is 0 Å². The van der Waals surface area contributed by atoms with E-state index in [-0.39, 0.29) is 41.8 Å². The Bertz CT molecular complexity index is 1330. The molecule has 2 aromatic carbocycles. The van der Waals surface area contributed by atoms with Crippen LogP contribution < -0.4 is 14.9 Å². The van der Waals surface area contributed by atoms with Gasteiger partial charge in [-0.3, -0.25) is 9.59 Å². The third-order valence-corrected chi connectivity index (χ3v) is 6.19. The molecule has 1 aliphatic carbocycles. The first-order valence-electron chi connectivity index (χ1n) is 11.2. The van der Waals surface area contributed by atoms with Crippen molar-refractivity contribution in [3.05, 3.63) is 57.2 Å². The van der Waals surface area contributed by atoms with E-state index in [4.69, 9.17) is 35.3 Å². The number of hydrogen-bond acceptors (Lipinski definition) is 6. The number of fused-ring (bicyclic) bond motifs is 1. The van der Waals surface area contributed by atoms with Gasteiger partial charge in [0.15, 0.2) is 11.0 Å². The van der Waals surface area contributed by atoms with Crippen LogP contribution in [0.1, 0.15) is 25.3 Å². The highest BCUT2D eigenvalue weighted by Gasteiger charge is 2.35. The fourth-order valence-corrected chi connectivity index (χ4v) is 4.20. The SMILES string of the molecule is CCOc1ccc(-c2cc(=O)c3ccc(C(F)(F)F)c(Cl)c3o2)c(OCCOC2CC(C(=O)O)C2)c1. The zero-order valence-corrected chi connectivity index (χ0v) is 19.8. The number of carbonyl (C=O) groups is 1. The van der Waals surface area contributed by atoms with Gasteiger partial charge in [0.1, 0.15) is 23.9 Å². The molecule has 0 spiro atoms. The van der Waals surface area contributed by atoms with Crippen molar-refractivity contribution in [2.75, 3.05) is 19.8 Å². The summed E-state index contributed by atoms with van der Waals surface area (Å²) in [6, 6.07) is 7.68. The van der Waals surface area contributed by atoms with E-state index in [1.165, 1.54) is 0 Å². The number of carboxylic acid groups (broad SMARTS) is 1. The van der Waals surface area contributed by atoms with Crippen LogP contribution in [-0.4, -0.2) is 37.0 Å². The molecule has 11 heteroatoms. The molecular formula is C25H22ClF3O7. The van der Waals surface area contributed by atoms with Crippen LogP contribution in [0.4, 0.5) is 13.2 Å². The fourth-order valence-electron chi connectivity index (χ4n) is 3.89. The van der Waals surface area contributed by atoms with E-state index < -0.39 is 34.1 Å². The molecule has 7 nitrogen and oxygen atoms in total. The van der Waals surface area contributed by atoms with Crippen molar-refractivity contribution < 1.29 is 41.7 Å². The Hall–Kier alpha value is -3.24. The average Bonchev–Trinajstić information content (AvgIpc) is 2.77. The second-order valence-corrected chi connectivity index (χ2v) is 8.59. The van der Waals surface area contributed by atoms with Crippen LogP contribution in [0.2, 0.25) is 5.02 Å². The smallest absolute Gasteiger partial charge is 0.417 e. The Morgan fingerprint density at radius 2 is 1.89 bits per heavy atom. The Labute approximate surface area is 208 Å². The highest BCUT2D eigenvalue weighted by Crippen LogP contribution is 2.40. The summed E-state index contributed by atoms with van der Waals surface area (Å²) in [5.41, 5.74) is -1.75. The summed E-state index contributed by atoms with van der Waals surface area (Å²) in [6.45, 7) is 2.45. The van der Waals surface area contributed by atoms with Crippen molar-refractivity contribution in [1.29, 1.82) is 0 Å². The van der Waals surface area contributed by atoms with Crippen molar-refractivity contribution in [2.45, 2.75) is 32.0 Å². The predicted molar refractivity (Wildman–Crippen MR) is 125 cm³/mol. The Morgan fingerprint density at radius 3 is 2.56 bits per heavy atom. The van der Waals surface area contributed by atoms with Crippen molar-refractivity contribution in [3.8, 4) is 22.8 Å². The second kappa shape index (κ2) is 10.4. The van der Waals surface area contributed by atoms with Crippen molar-refractivity contribution in [2.24, 2.45) is 5.92 Å². The van der Waals surface area contributed by atoms with Gasteiger partial charge in [-0.05, 0) is 44.0 Å². The molecule has 1 heterocycles. The number of rotatable bonds is 9. The highest BCUT2D eigenvalue weighted by atomic mass is 35.5. The Balaban J connectivity index is 1.61. The Morgan fingerprint density at radius 1 is 1.14 bits per heavy atom. The van der Waals surface area contributed by atoms with Crippen LogP contribution in [0.25, 0.3) is 22.3 Å². The van der Waals surface area contributed by atoms with Gasteiger partial charge in [0, 0.05) is 12.1 Å². The molecule has 0 saturated heterocycles. The predicted octanol–water partition coefficient (Wildman–Crippen LogP) is 5.79.